The summed E-state index contributed by atoms with van der Waals surface area (Å²) in [5.74, 6) is -0.567. The molecular formula is C16H22BrF2N. The van der Waals surface area contributed by atoms with Crippen LogP contribution in [0.4, 0.5) is 8.78 Å². The van der Waals surface area contributed by atoms with Gasteiger partial charge in [-0.3, -0.25) is 0 Å². The lowest BCUT2D eigenvalue weighted by atomic mass is 9.80. The summed E-state index contributed by atoms with van der Waals surface area (Å²) in [5, 5.41) is 3.36. The van der Waals surface area contributed by atoms with Gasteiger partial charge in [-0.1, -0.05) is 26.2 Å². The first-order valence-corrected chi connectivity index (χ1v) is 8.31. The van der Waals surface area contributed by atoms with E-state index in [-0.39, 0.29) is 11.6 Å². The van der Waals surface area contributed by atoms with Crippen LogP contribution >= 0.6 is 15.9 Å². The van der Waals surface area contributed by atoms with E-state index in [0.717, 1.165) is 38.6 Å². The van der Waals surface area contributed by atoms with Crippen LogP contribution in [0.25, 0.3) is 0 Å². The largest absolute Gasteiger partial charge is 0.310 e. The van der Waals surface area contributed by atoms with E-state index in [9.17, 15) is 8.78 Å². The van der Waals surface area contributed by atoms with Gasteiger partial charge in [0.25, 0.3) is 0 Å². The summed E-state index contributed by atoms with van der Waals surface area (Å²) in [6.07, 6.45) is 6.61. The predicted octanol–water partition coefficient (Wildman–Crippen LogP) is 5.35. The number of benzene rings is 1. The van der Waals surface area contributed by atoms with Crippen molar-refractivity contribution in [2.75, 3.05) is 6.54 Å². The molecule has 2 rings (SSSR count). The highest BCUT2D eigenvalue weighted by Gasteiger charge is 2.29. The van der Waals surface area contributed by atoms with E-state index in [1.165, 1.54) is 18.6 Å². The van der Waals surface area contributed by atoms with Crippen molar-refractivity contribution >= 4 is 15.9 Å². The molecule has 1 saturated carbocycles. The van der Waals surface area contributed by atoms with Gasteiger partial charge in [0.2, 0.25) is 0 Å². The fourth-order valence-corrected chi connectivity index (χ4v) is 3.45. The first kappa shape index (κ1) is 15.9. The van der Waals surface area contributed by atoms with Crippen LogP contribution in [0, 0.1) is 17.6 Å². The van der Waals surface area contributed by atoms with E-state index in [2.05, 4.69) is 28.2 Å². The summed E-state index contributed by atoms with van der Waals surface area (Å²) in [4.78, 5) is 0. The molecule has 1 atom stereocenters. The third-order valence-electron chi connectivity index (χ3n) is 4.13. The summed E-state index contributed by atoms with van der Waals surface area (Å²) in [6.45, 7) is 2.85. The average molecular weight is 346 g/mol. The number of halogens is 3. The SMILES string of the molecule is CCCNC(c1c(F)ccc(Br)c1F)C1CCCCC1. The van der Waals surface area contributed by atoms with E-state index < -0.39 is 11.6 Å². The molecule has 1 fully saturated rings. The molecule has 0 bridgehead atoms. The highest BCUT2D eigenvalue weighted by Crippen LogP contribution is 2.37. The maximum atomic E-state index is 14.4. The molecule has 0 radical (unpaired) electrons. The Morgan fingerprint density at radius 3 is 2.60 bits per heavy atom. The number of hydrogen-bond donors (Lipinski definition) is 1. The normalized spacial score (nSPS) is 18.2. The van der Waals surface area contributed by atoms with E-state index in [1.807, 2.05) is 0 Å². The highest BCUT2D eigenvalue weighted by atomic mass is 79.9. The van der Waals surface area contributed by atoms with Crippen LogP contribution < -0.4 is 5.32 Å². The molecule has 0 aromatic heterocycles. The van der Waals surface area contributed by atoms with Gasteiger partial charge >= 0.3 is 0 Å². The van der Waals surface area contributed by atoms with Gasteiger partial charge in [-0.05, 0) is 59.8 Å². The number of rotatable bonds is 5. The van der Waals surface area contributed by atoms with Gasteiger partial charge in [0, 0.05) is 11.6 Å². The minimum atomic E-state index is -0.454. The Hall–Kier alpha value is -0.480. The molecule has 0 amide bonds. The summed E-state index contributed by atoms with van der Waals surface area (Å²) >= 11 is 3.17. The molecule has 1 N–H and O–H groups in total. The highest BCUT2D eigenvalue weighted by molar-refractivity contribution is 9.10. The smallest absolute Gasteiger partial charge is 0.145 e. The van der Waals surface area contributed by atoms with E-state index in [0.29, 0.717) is 10.4 Å². The van der Waals surface area contributed by atoms with Crippen LogP contribution in [0.5, 0.6) is 0 Å². The lowest BCUT2D eigenvalue weighted by Gasteiger charge is -2.32. The second-order valence-corrected chi connectivity index (χ2v) is 6.44. The van der Waals surface area contributed by atoms with Gasteiger partial charge in [-0.25, -0.2) is 8.78 Å². The van der Waals surface area contributed by atoms with Crippen molar-refractivity contribution in [3.63, 3.8) is 0 Å². The number of nitrogens with one attached hydrogen (secondary N) is 1. The first-order chi connectivity index (χ1) is 9.65. The standard InChI is InChI=1S/C16H22BrF2N/c1-2-10-20-16(11-6-4-3-5-7-11)14-13(18)9-8-12(17)15(14)19/h8-9,11,16,20H,2-7,10H2,1H3. The molecule has 1 aromatic rings. The van der Waals surface area contributed by atoms with Crippen LogP contribution in [0.15, 0.2) is 16.6 Å². The Labute approximate surface area is 128 Å². The Morgan fingerprint density at radius 1 is 1.25 bits per heavy atom. The molecule has 0 aliphatic heterocycles. The van der Waals surface area contributed by atoms with Crippen LogP contribution in [-0.4, -0.2) is 6.54 Å². The maximum absolute atomic E-state index is 14.4. The molecule has 0 spiro atoms. The zero-order valence-corrected chi connectivity index (χ0v) is 13.5. The van der Waals surface area contributed by atoms with Crippen molar-refractivity contribution < 1.29 is 8.78 Å². The van der Waals surface area contributed by atoms with Crippen LogP contribution in [0.3, 0.4) is 0 Å². The molecule has 1 aromatic carbocycles. The van der Waals surface area contributed by atoms with Crippen molar-refractivity contribution in [3.8, 4) is 0 Å². The van der Waals surface area contributed by atoms with E-state index in [1.54, 1.807) is 0 Å². The van der Waals surface area contributed by atoms with Gasteiger partial charge < -0.3 is 5.32 Å². The lowest BCUT2D eigenvalue weighted by Crippen LogP contribution is -2.32. The van der Waals surface area contributed by atoms with Gasteiger partial charge in [0.05, 0.1) is 4.47 Å². The predicted molar refractivity (Wildman–Crippen MR) is 81.7 cm³/mol. The van der Waals surface area contributed by atoms with Gasteiger partial charge in [0.15, 0.2) is 0 Å². The molecule has 1 unspecified atom stereocenters. The fraction of sp³-hybridized carbons (Fsp3) is 0.625. The second-order valence-electron chi connectivity index (χ2n) is 5.59. The fourth-order valence-electron chi connectivity index (χ4n) is 3.10. The van der Waals surface area contributed by atoms with Crippen molar-refractivity contribution in [2.45, 2.75) is 51.5 Å². The van der Waals surface area contributed by atoms with Gasteiger partial charge in [0.1, 0.15) is 11.6 Å². The number of hydrogen-bond acceptors (Lipinski definition) is 1. The van der Waals surface area contributed by atoms with Crippen LogP contribution in [-0.2, 0) is 0 Å². The maximum Gasteiger partial charge on any atom is 0.145 e. The summed E-state index contributed by atoms with van der Waals surface area (Å²) in [5.41, 5.74) is 0.208. The molecular weight excluding hydrogens is 324 g/mol. The van der Waals surface area contributed by atoms with Crippen molar-refractivity contribution in [3.05, 3.63) is 33.8 Å². The third-order valence-corrected chi connectivity index (χ3v) is 4.74. The molecule has 112 valence electrons. The zero-order chi connectivity index (χ0) is 14.5. The molecule has 20 heavy (non-hydrogen) atoms. The molecule has 1 aliphatic carbocycles. The minimum Gasteiger partial charge on any atom is -0.310 e. The summed E-state index contributed by atoms with van der Waals surface area (Å²) in [6, 6.07) is 2.57. The summed E-state index contributed by atoms with van der Waals surface area (Å²) in [7, 11) is 0. The second kappa shape index (κ2) is 7.51. The minimum absolute atomic E-state index is 0.208. The van der Waals surface area contributed by atoms with Crippen LogP contribution in [0.2, 0.25) is 0 Å². The van der Waals surface area contributed by atoms with Crippen molar-refractivity contribution in [1.82, 2.24) is 5.32 Å². The molecule has 1 aliphatic rings. The molecule has 4 heteroatoms. The third kappa shape index (κ3) is 3.59. The van der Waals surface area contributed by atoms with Gasteiger partial charge in [-0.2, -0.15) is 0 Å². The molecule has 0 heterocycles. The van der Waals surface area contributed by atoms with E-state index in [4.69, 9.17) is 0 Å². The Bertz CT molecular complexity index is 444. The van der Waals surface area contributed by atoms with Crippen molar-refractivity contribution in [2.24, 2.45) is 5.92 Å². The lowest BCUT2D eigenvalue weighted by molar-refractivity contribution is 0.261. The van der Waals surface area contributed by atoms with Crippen molar-refractivity contribution in [1.29, 1.82) is 0 Å². The Morgan fingerprint density at radius 2 is 1.95 bits per heavy atom. The average Bonchev–Trinajstić information content (AvgIpc) is 2.47. The molecule has 1 nitrogen and oxygen atoms in total. The Kier molecular flexibility index (Phi) is 5.97. The van der Waals surface area contributed by atoms with E-state index >= 15 is 0 Å². The molecule has 0 saturated heterocycles. The monoisotopic (exact) mass is 345 g/mol. The Balaban J connectivity index is 2.32. The summed E-state index contributed by atoms with van der Waals surface area (Å²) < 4.78 is 28.9. The topological polar surface area (TPSA) is 12.0 Å². The first-order valence-electron chi connectivity index (χ1n) is 7.52. The quantitative estimate of drug-likeness (QED) is 0.709. The van der Waals surface area contributed by atoms with Gasteiger partial charge in [-0.15, -0.1) is 0 Å². The van der Waals surface area contributed by atoms with Crippen LogP contribution in [0.1, 0.15) is 57.1 Å². The zero-order valence-electron chi connectivity index (χ0n) is 11.9.